The minimum absolute atomic E-state index is 0.0418. The van der Waals surface area contributed by atoms with E-state index in [0.29, 0.717) is 44.0 Å². The van der Waals surface area contributed by atoms with Crippen LogP contribution in [0.25, 0.3) is 0 Å². The maximum atomic E-state index is 13.1. The summed E-state index contributed by atoms with van der Waals surface area (Å²) in [6, 6.07) is 12.1. The van der Waals surface area contributed by atoms with Crippen LogP contribution in [0.15, 0.2) is 53.5 Å². The Balaban J connectivity index is 1.75. The number of guanidine groups is 1. The van der Waals surface area contributed by atoms with Crippen molar-refractivity contribution in [1.82, 2.24) is 0 Å². The summed E-state index contributed by atoms with van der Waals surface area (Å²) >= 11 is 0. The Hall–Kier alpha value is -4.20. The molecule has 0 saturated heterocycles. The van der Waals surface area contributed by atoms with Crippen LogP contribution in [0.5, 0.6) is 11.5 Å². The number of aliphatic imine (C=N–C) groups is 1. The Morgan fingerprint density at radius 3 is 2.58 bits per heavy atom. The van der Waals surface area contributed by atoms with Gasteiger partial charge in [-0.05, 0) is 112 Å². The summed E-state index contributed by atoms with van der Waals surface area (Å²) in [4.78, 5) is 18.0. The third kappa shape index (κ3) is 10.7. The number of nitrogens with two attached hydrogens (primary N) is 2. The number of carbonyl (C=O) groups excluding carboxylic acids is 1. The number of nitrogens with zero attached hydrogens (tertiary/aromatic N) is 1. The summed E-state index contributed by atoms with van der Waals surface area (Å²) in [6.45, 7) is 4.88. The van der Waals surface area contributed by atoms with Gasteiger partial charge in [-0.2, -0.15) is 0 Å². The molecule has 0 spiro atoms. The SMILES string of the molecule is CCC/C=C/C(=O)CCc1cc(OC2CCCC2)c(O)c2c1C#C[C@@H]1[C@@H](N=C(N)N)CC[C@@H](COC)[C@H]2CC[C@@H](C)CC#C[C@H]1Cc1ccccc1. The summed E-state index contributed by atoms with van der Waals surface area (Å²) in [6.07, 6.45) is 15.3. The molecule has 7 nitrogen and oxygen atoms in total. The van der Waals surface area contributed by atoms with Crippen molar-refractivity contribution in [2.75, 3.05) is 13.7 Å². The highest BCUT2D eigenvalue weighted by Crippen LogP contribution is 2.47. The summed E-state index contributed by atoms with van der Waals surface area (Å²) in [5, 5.41) is 12.4. The highest BCUT2D eigenvalue weighted by molar-refractivity contribution is 5.89. The molecule has 0 radical (unpaired) electrons. The molecule has 6 atom stereocenters. The molecule has 2 aromatic rings. The van der Waals surface area contributed by atoms with Gasteiger partial charge in [0, 0.05) is 43.6 Å². The van der Waals surface area contributed by atoms with Crippen LogP contribution in [-0.4, -0.2) is 42.7 Å². The van der Waals surface area contributed by atoms with Crippen molar-refractivity contribution in [1.29, 1.82) is 0 Å². The Morgan fingerprint density at radius 2 is 1.85 bits per heavy atom. The number of methoxy groups -OCH3 is 1. The van der Waals surface area contributed by atoms with Crippen molar-refractivity contribution < 1.29 is 19.4 Å². The molecule has 2 bridgehead atoms. The van der Waals surface area contributed by atoms with Gasteiger partial charge >= 0.3 is 0 Å². The van der Waals surface area contributed by atoms with Gasteiger partial charge in [0.25, 0.3) is 0 Å². The van der Waals surface area contributed by atoms with Crippen LogP contribution in [0, 0.1) is 47.4 Å². The Morgan fingerprint density at radius 1 is 1.06 bits per heavy atom. The number of ether oxygens (including phenoxy) is 2. The van der Waals surface area contributed by atoms with E-state index in [9.17, 15) is 9.90 Å². The molecule has 1 fully saturated rings. The fourth-order valence-electron chi connectivity index (χ4n) is 8.24. The minimum Gasteiger partial charge on any atom is -0.504 e. The molecule has 4 aliphatic rings. The van der Waals surface area contributed by atoms with E-state index in [2.05, 4.69) is 61.8 Å². The average molecular weight is 706 g/mol. The molecule has 5 N–H and O–H groups in total. The fraction of sp³-hybridized carbons (Fsp3) is 0.556. The van der Waals surface area contributed by atoms with Crippen LogP contribution in [0.4, 0.5) is 0 Å². The van der Waals surface area contributed by atoms with Crippen LogP contribution in [-0.2, 0) is 22.4 Å². The molecule has 0 aliphatic heterocycles. The third-order valence-corrected chi connectivity index (χ3v) is 11.1. The van der Waals surface area contributed by atoms with Crippen molar-refractivity contribution in [3.63, 3.8) is 0 Å². The number of benzene rings is 2. The maximum Gasteiger partial charge on any atom is 0.186 e. The number of allylic oxidation sites excluding steroid dienone is 2. The van der Waals surface area contributed by atoms with E-state index < -0.39 is 0 Å². The van der Waals surface area contributed by atoms with Gasteiger partial charge in [-0.1, -0.05) is 74.4 Å². The van der Waals surface area contributed by atoms with Crippen molar-refractivity contribution in [3.05, 3.63) is 70.8 Å². The molecule has 0 aromatic heterocycles. The van der Waals surface area contributed by atoms with E-state index in [1.807, 2.05) is 18.2 Å². The van der Waals surface area contributed by atoms with Crippen LogP contribution < -0.4 is 16.2 Å². The first kappa shape index (κ1) is 39.0. The maximum absolute atomic E-state index is 13.1. The van der Waals surface area contributed by atoms with Gasteiger partial charge in [0.05, 0.1) is 18.1 Å². The standard InChI is InChI=1S/C45H59N3O4/c1-4-5-7-17-36(49)23-21-34-29-42(52-37-18-10-11-19-37)44(50)43-39(34)26-25-38-33(28-32-14-8-6-9-15-32)16-12-13-31(2)20-24-40(43)35(30-51-3)22-27-41(38)48-45(46)47/h6-9,14-15,17,29,31,33,35,37-38,40-41,50H,4-5,10-11,13,18-24,27-28,30H2,1-3H3,(H4,46,47,48)/b17-7+/t31-,33-,35-,38-,40+,41-/m0/s1. The lowest BCUT2D eigenvalue weighted by atomic mass is 9.73. The number of hydrogen-bond donors (Lipinski definition) is 3. The van der Waals surface area contributed by atoms with Gasteiger partial charge < -0.3 is 26.0 Å². The van der Waals surface area contributed by atoms with Crippen molar-refractivity contribution >= 4 is 11.7 Å². The average Bonchev–Trinajstić information content (AvgIpc) is 3.64. The number of carbonyl (C=O) groups is 1. The van der Waals surface area contributed by atoms with Crippen molar-refractivity contribution in [3.8, 4) is 35.2 Å². The normalized spacial score (nSPS) is 24.8. The smallest absolute Gasteiger partial charge is 0.186 e. The number of unbranched alkanes of at least 4 members (excludes halogenated alkanes) is 1. The second-order valence-corrected chi connectivity index (χ2v) is 15.2. The predicted molar refractivity (Wildman–Crippen MR) is 210 cm³/mol. The molecule has 0 amide bonds. The molecule has 6 rings (SSSR count). The van der Waals surface area contributed by atoms with Crippen LogP contribution in [0.1, 0.15) is 119 Å². The lowest BCUT2D eigenvalue weighted by Gasteiger charge is -2.33. The highest BCUT2D eigenvalue weighted by Gasteiger charge is 2.36. The van der Waals surface area contributed by atoms with E-state index in [-0.39, 0.29) is 53.3 Å². The number of aryl methyl sites for hydroxylation is 1. The molecule has 52 heavy (non-hydrogen) atoms. The number of aromatic hydroxyl groups is 1. The van der Waals surface area contributed by atoms with E-state index >= 15 is 0 Å². The quantitative estimate of drug-likeness (QED) is 0.0841. The van der Waals surface area contributed by atoms with Gasteiger partial charge in [0.2, 0.25) is 0 Å². The topological polar surface area (TPSA) is 120 Å². The lowest BCUT2D eigenvalue weighted by Crippen LogP contribution is -2.33. The first-order chi connectivity index (χ1) is 25.3. The van der Waals surface area contributed by atoms with Gasteiger partial charge in [-0.3, -0.25) is 4.79 Å². The molecule has 0 heterocycles. The Labute approximate surface area is 312 Å². The molecule has 2 aromatic carbocycles. The minimum atomic E-state index is -0.290. The van der Waals surface area contributed by atoms with E-state index in [0.717, 1.165) is 80.9 Å². The molecular formula is C45H59N3O4. The number of fused-ring (bicyclic) bond motifs is 8. The number of ketones is 1. The zero-order valence-electron chi connectivity index (χ0n) is 31.5. The molecule has 1 saturated carbocycles. The number of hydrogen-bond acceptors (Lipinski definition) is 5. The Bertz CT molecular complexity index is 1670. The number of phenolic OH excluding ortho intramolecular Hbond substituents is 1. The van der Waals surface area contributed by atoms with Gasteiger partial charge in [-0.15, -0.1) is 5.92 Å². The van der Waals surface area contributed by atoms with Gasteiger partial charge in [0.15, 0.2) is 23.2 Å². The highest BCUT2D eigenvalue weighted by atomic mass is 16.5. The predicted octanol–water partition coefficient (Wildman–Crippen LogP) is 8.00. The van der Waals surface area contributed by atoms with E-state index in [4.69, 9.17) is 25.9 Å². The van der Waals surface area contributed by atoms with Crippen LogP contribution in [0.3, 0.4) is 0 Å². The molecule has 7 heteroatoms. The number of rotatable bonds is 13. The third-order valence-electron chi connectivity index (χ3n) is 11.1. The van der Waals surface area contributed by atoms with E-state index in [1.54, 1.807) is 13.2 Å². The first-order valence-electron chi connectivity index (χ1n) is 19.6. The number of phenols is 1. The lowest BCUT2D eigenvalue weighted by molar-refractivity contribution is -0.114. The molecular weight excluding hydrogens is 647 g/mol. The second kappa shape index (κ2) is 19.6. The second-order valence-electron chi connectivity index (χ2n) is 15.2. The molecule has 278 valence electrons. The van der Waals surface area contributed by atoms with Crippen LogP contribution in [0.2, 0.25) is 0 Å². The Kier molecular flexibility index (Phi) is 14.7. The summed E-state index contributed by atoms with van der Waals surface area (Å²) in [5.74, 6) is 15.3. The van der Waals surface area contributed by atoms with E-state index in [1.165, 1.54) is 5.56 Å². The van der Waals surface area contributed by atoms with Crippen molar-refractivity contribution in [2.24, 2.45) is 40.1 Å². The van der Waals surface area contributed by atoms with Crippen molar-refractivity contribution in [2.45, 2.75) is 122 Å². The molecule has 0 unspecified atom stereocenters. The fourth-order valence-corrected chi connectivity index (χ4v) is 8.24. The zero-order valence-corrected chi connectivity index (χ0v) is 31.5. The summed E-state index contributed by atoms with van der Waals surface area (Å²) in [7, 11) is 1.75. The first-order valence-corrected chi connectivity index (χ1v) is 19.6. The zero-order chi connectivity index (χ0) is 36.9. The summed E-state index contributed by atoms with van der Waals surface area (Å²) in [5.41, 5.74) is 16.0. The van der Waals surface area contributed by atoms with Crippen LogP contribution >= 0.6 is 0 Å². The summed E-state index contributed by atoms with van der Waals surface area (Å²) < 4.78 is 12.6. The largest absolute Gasteiger partial charge is 0.504 e. The van der Waals surface area contributed by atoms with Gasteiger partial charge in [0.1, 0.15) is 0 Å². The monoisotopic (exact) mass is 705 g/mol. The van der Waals surface area contributed by atoms with Gasteiger partial charge in [-0.25, -0.2) is 4.99 Å². The molecule has 4 aliphatic carbocycles.